The molecule has 0 aromatic carbocycles. The van der Waals surface area contributed by atoms with Gasteiger partial charge in [-0.15, -0.1) is 10.2 Å². The van der Waals surface area contributed by atoms with E-state index >= 15 is 0 Å². The van der Waals surface area contributed by atoms with Gasteiger partial charge in [-0.1, -0.05) is 0 Å². The van der Waals surface area contributed by atoms with Crippen LogP contribution in [-0.4, -0.2) is 45.3 Å². The van der Waals surface area contributed by atoms with E-state index in [1.165, 1.54) is 12.8 Å². The Hall–Kier alpha value is -1.59. The molecular weight excluding hydrogens is 228 g/mol. The number of guanidine groups is 1. The molecule has 1 aromatic heterocycles. The van der Waals surface area contributed by atoms with Gasteiger partial charge < -0.3 is 14.8 Å². The highest BCUT2D eigenvalue weighted by atomic mass is 15.3. The average Bonchev–Trinajstić information content (AvgIpc) is 3.05. The van der Waals surface area contributed by atoms with E-state index in [0.717, 1.165) is 38.0 Å². The van der Waals surface area contributed by atoms with Gasteiger partial charge in [0.15, 0.2) is 11.8 Å². The second-order valence-corrected chi connectivity index (χ2v) is 4.40. The minimum Gasteiger partial charge on any atom is -0.357 e. The minimum absolute atomic E-state index is 0.590. The molecule has 1 saturated heterocycles. The minimum atomic E-state index is 0.590. The average molecular weight is 250 g/mol. The molecule has 0 bridgehead atoms. The highest BCUT2D eigenvalue weighted by Crippen LogP contribution is 2.08. The summed E-state index contributed by atoms with van der Waals surface area (Å²) >= 11 is 0. The number of nitrogens with zero attached hydrogens (tertiary/aromatic N) is 5. The fourth-order valence-electron chi connectivity index (χ4n) is 2.17. The Kier molecular flexibility index (Phi) is 4.55. The van der Waals surface area contributed by atoms with Gasteiger partial charge in [-0.25, -0.2) is 4.99 Å². The van der Waals surface area contributed by atoms with Crippen LogP contribution in [-0.2, 0) is 13.1 Å². The van der Waals surface area contributed by atoms with Gasteiger partial charge in [-0.2, -0.15) is 0 Å². The van der Waals surface area contributed by atoms with Crippen LogP contribution in [0.4, 0.5) is 0 Å². The monoisotopic (exact) mass is 250 g/mol. The fraction of sp³-hybridized carbons (Fsp3) is 0.750. The maximum atomic E-state index is 4.65. The van der Waals surface area contributed by atoms with Crippen LogP contribution in [0.15, 0.2) is 11.3 Å². The third-order valence-electron chi connectivity index (χ3n) is 3.15. The summed E-state index contributed by atoms with van der Waals surface area (Å²) in [4.78, 5) is 6.97. The lowest BCUT2D eigenvalue weighted by molar-refractivity contribution is 0.492. The van der Waals surface area contributed by atoms with Gasteiger partial charge in [0.2, 0.25) is 0 Å². The normalized spacial score (nSPS) is 16.3. The highest BCUT2D eigenvalue weighted by Gasteiger charge is 2.15. The summed E-state index contributed by atoms with van der Waals surface area (Å²) in [6, 6.07) is 0. The predicted octanol–water partition coefficient (Wildman–Crippen LogP) is 0.859. The van der Waals surface area contributed by atoms with Crippen molar-refractivity contribution >= 4 is 5.96 Å². The lowest BCUT2D eigenvalue weighted by Gasteiger charge is -2.20. The highest BCUT2D eigenvalue weighted by molar-refractivity contribution is 5.80. The van der Waals surface area contributed by atoms with E-state index in [4.69, 9.17) is 0 Å². The number of likely N-dealkylation sites (tertiary alicyclic amines) is 1. The zero-order chi connectivity index (χ0) is 12.8. The molecule has 6 heteroatoms. The topological polar surface area (TPSA) is 58.3 Å². The molecule has 1 aliphatic rings. The molecule has 0 radical (unpaired) electrons. The molecule has 2 rings (SSSR count). The number of aromatic nitrogens is 3. The summed E-state index contributed by atoms with van der Waals surface area (Å²) in [5.74, 6) is 1.92. The molecule has 18 heavy (non-hydrogen) atoms. The van der Waals surface area contributed by atoms with Gasteiger partial charge in [-0.3, -0.25) is 0 Å². The van der Waals surface area contributed by atoms with Crippen LogP contribution in [0.3, 0.4) is 0 Å². The van der Waals surface area contributed by atoms with Gasteiger partial charge in [0, 0.05) is 26.2 Å². The number of aliphatic imine (C=N–C) groups is 1. The van der Waals surface area contributed by atoms with Crippen LogP contribution in [0.25, 0.3) is 0 Å². The summed E-state index contributed by atoms with van der Waals surface area (Å²) in [5, 5.41) is 11.4. The van der Waals surface area contributed by atoms with Crippen LogP contribution in [0.1, 0.15) is 32.5 Å². The number of hydrogen-bond donors (Lipinski definition) is 1. The maximum Gasteiger partial charge on any atom is 0.194 e. The molecule has 0 spiro atoms. The molecule has 100 valence electrons. The molecule has 1 N–H and O–H groups in total. The molecule has 1 fully saturated rings. The summed E-state index contributed by atoms with van der Waals surface area (Å²) in [6.45, 7) is 8.77. The van der Waals surface area contributed by atoms with Crippen molar-refractivity contribution < 1.29 is 0 Å². The third-order valence-corrected chi connectivity index (χ3v) is 3.15. The smallest absolute Gasteiger partial charge is 0.194 e. The summed E-state index contributed by atoms with van der Waals surface area (Å²) in [5.41, 5.74) is 0. The summed E-state index contributed by atoms with van der Waals surface area (Å²) in [6.07, 6.45) is 4.28. The predicted molar refractivity (Wildman–Crippen MR) is 71.3 cm³/mol. The van der Waals surface area contributed by atoms with E-state index in [9.17, 15) is 0 Å². The molecule has 1 aromatic rings. The van der Waals surface area contributed by atoms with Gasteiger partial charge >= 0.3 is 0 Å². The number of aryl methyl sites for hydroxylation is 1. The van der Waals surface area contributed by atoms with Crippen molar-refractivity contribution in [3.05, 3.63) is 12.2 Å². The quantitative estimate of drug-likeness (QED) is 0.636. The number of rotatable bonds is 4. The standard InChI is InChI=1S/C12H22N6/c1-3-13-12(18-7-5-6-8-18)14-9-11-16-15-10-17(11)4-2/h10H,3-9H2,1-2H3,(H,13,14). The van der Waals surface area contributed by atoms with E-state index < -0.39 is 0 Å². The van der Waals surface area contributed by atoms with Crippen molar-refractivity contribution in [2.45, 2.75) is 39.8 Å². The van der Waals surface area contributed by atoms with E-state index in [1.807, 2.05) is 4.57 Å². The Morgan fingerprint density at radius 1 is 1.39 bits per heavy atom. The molecule has 0 unspecified atom stereocenters. The summed E-state index contributed by atoms with van der Waals surface area (Å²) in [7, 11) is 0. The van der Waals surface area contributed by atoms with Gasteiger partial charge in [0.1, 0.15) is 12.9 Å². The molecule has 6 nitrogen and oxygen atoms in total. The van der Waals surface area contributed by atoms with Crippen molar-refractivity contribution in [3.63, 3.8) is 0 Å². The van der Waals surface area contributed by atoms with Crippen LogP contribution in [0, 0.1) is 0 Å². The van der Waals surface area contributed by atoms with Gasteiger partial charge in [-0.05, 0) is 26.7 Å². The second-order valence-electron chi connectivity index (χ2n) is 4.40. The zero-order valence-corrected chi connectivity index (χ0v) is 11.3. The number of hydrogen-bond acceptors (Lipinski definition) is 3. The Morgan fingerprint density at radius 2 is 2.17 bits per heavy atom. The first-order chi connectivity index (χ1) is 8.85. The first-order valence-electron chi connectivity index (χ1n) is 6.75. The Labute approximate surface area is 108 Å². The van der Waals surface area contributed by atoms with Gasteiger partial charge in [0.25, 0.3) is 0 Å². The Morgan fingerprint density at radius 3 is 2.83 bits per heavy atom. The number of nitrogens with one attached hydrogen (secondary N) is 1. The molecule has 0 amide bonds. The van der Waals surface area contributed by atoms with E-state index in [2.05, 4.69) is 39.3 Å². The molecule has 2 heterocycles. The fourth-order valence-corrected chi connectivity index (χ4v) is 2.17. The lowest BCUT2D eigenvalue weighted by atomic mass is 10.4. The Bertz CT molecular complexity index is 391. The molecule has 0 aliphatic carbocycles. The first-order valence-corrected chi connectivity index (χ1v) is 6.75. The van der Waals surface area contributed by atoms with Crippen molar-refractivity contribution in [3.8, 4) is 0 Å². The molecular formula is C12H22N6. The molecule has 1 aliphatic heterocycles. The largest absolute Gasteiger partial charge is 0.357 e. The first kappa shape index (κ1) is 12.9. The Balaban J connectivity index is 2.03. The SMILES string of the molecule is CCNC(=NCc1nncn1CC)N1CCCC1. The van der Waals surface area contributed by atoms with E-state index in [0.29, 0.717) is 6.54 Å². The maximum absolute atomic E-state index is 4.65. The van der Waals surface area contributed by atoms with Gasteiger partial charge in [0.05, 0.1) is 0 Å². The van der Waals surface area contributed by atoms with Crippen LogP contribution in [0.2, 0.25) is 0 Å². The lowest BCUT2D eigenvalue weighted by Crippen LogP contribution is -2.39. The van der Waals surface area contributed by atoms with Crippen molar-refractivity contribution in [1.82, 2.24) is 25.0 Å². The van der Waals surface area contributed by atoms with E-state index in [1.54, 1.807) is 6.33 Å². The van der Waals surface area contributed by atoms with Crippen molar-refractivity contribution in [1.29, 1.82) is 0 Å². The van der Waals surface area contributed by atoms with Crippen LogP contribution in [0.5, 0.6) is 0 Å². The van der Waals surface area contributed by atoms with E-state index in [-0.39, 0.29) is 0 Å². The molecule has 0 saturated carbocycles. The second kappa shape index (κ2) is 6.37. The van der Waals surface area contributed by atoms with Crippen molar-refractivity contribution in [2.24, 2.45) is 4.99 Å². The van der Waals surface area contributed by atoms with Crippen molar-refractivity contribution in [2.75, 3.05) is 19.6 Å². The molecule has 0 atom stereocenters. The third kappa shape index (κ3) is 3.00. The summed E-state index contributed by atoms with van der Waals surface area (Å²) < 4.78 is 2.02. The van der Waals surface area contributed by atoms with Crippen LogP contribution >= 0.6 is 0 Å². The van der Waals surface area contributed by atoms with Crippen LogP contribution < -0.4 is 5.32 Å². The zero-order valence-electron chi connectivity index (χ0n) is 11.3.